The number of hydrogen-bond acceptors (Lipinski definition) is 4. The lowest BCUT2D eigenvalue weighted by Gasteiger charge is -2.40. The molecular formula is C18H26N2O3Si. The van der Waals surface area contributed by atoms with Crippen molar-refractivity contribution in [3.8, 4) is 11.2 Å². The molecule has 1 atom stereocenters. The van der Waals surface area contributed by atoms with Crippen molar-refractivity contribution in [2.45, 2.75) is 58.2 Å². The number of nitrogens with zero attached hydrogens (tertiary/aromatic N) is 2. The van der Waals surface area contributed by atoms with Crippen molar-refractivity contribution in [3.05, 3.63) is 24.0 Å². The summed E-state index contributed by atoms with van der Waals surface area (Å²) in [7, 11) is 0.643. The molecule has 0 aliphatic carbocycles. The summed E-state index contributed by atoms with van der Waals surface area (Å²) in [5.41, 5.74) is 4.43. The quantitative estimate of drug-likeness (QED) is 0.788. The van der Waals surface area contributed by atoms with E-state index in [9.17, 15) is 4.79 Å². The number of likely N-dealkylation sites (tertiary alicyclic amines) is 1. The van der Waals surface area contributed by atoms with Crippen LogP contribution in [-0.2, 0) is 4.74 Å². The molecule has 130 valence electrons. The molecule has 2 rings (SSSR count). The number of ether oxygens (including phenoxy) is 2. The Kier molecular flexibility index (Phi) is 6.08. The van der Waals surface area contributed by atoms with Crippen LogP contribution in [0.4, 0.5) is 4.79 Å². The van der Waals surface area contributed by atoms with Crippen molar-refractivity contribution in [2.24, 2.45) is 0 Å². The Hall–Kier alpha value is -1.78. The minimum absolute atomic E-state index is 0.0639. The number of aromatic nitrogens is 1. The van der Waals surface area contributed by atoms with Crippen LogP contribution in [0.25, 0.3) is 0 Å². The zero-order valence-corrected chi connectivity index (χ0v) is 16.1. The Balaban J connectivity index is 1.89. The molecule has 1 aliphatic rings. The van der Waals surface area contributed by atoms with Crippen LogP contribution < -0.4 is 4.74 Å². The van der Waals surface area contributed by atoms with Crippen LogP contribution in [0.2, 0.25) is 5.54 Å². The minimum Gasteiger partial charge on any atom is -0.490 e. The van der Waals surface area contributed by atoms with E-state index in [4.69, 9.17) is 9.47 Å². The summed E-state index contributed by atoms with van der Waals surface area (Å²) in [5, 5.41) is 0. The lowest BCUT2D eigenvalue weighted by molar-refractivity contribution is -0.0141. The molecule has 2 heterocycles. The first-order valence-electron chi connectivity index (χ1n) is 8.33. The van der Waals surface area contributed by atoms with Gasteiger partial charge >= 0.3 is 6.09 Å². The number of carbonyl (C=O) groups excluding carboxylic acids is 1. The normalized spacial score (nSPS) is 16.9. The molecule has 0 bridgehead atoms. The summed E-state index contributed by atoms with van der Waals surface area (Å²) in [6.45, 7) is 11.1. The predicted molar refractivity (Wildman–Crippen MR) is 94.9 cm³/mol. The molecule has 1 amide bonds. The van der Waals surface area contributed by atoms with E-state index in [0.29, 0.717) is 26.9 Å². The largest absolute Gasteiger partial charge is 0.490 e. The van der Waals surface area contributed by atoms with Gasteiger partial charge in [0, 0.05) is 18.3 Å². The lowest BCUT2D eigenvalue weighted by atomic mass is 10.1. The Morgan fingerprint density at radius 2 is 2.21 bits per heavy atom. The summed E-state index contributed by atoms with van der Waals surface area (Å²) < 4.78 is 11.2. The van der Waals surface area contributed by atoms with Crippen LogP contribution in [0.1, 0.15) is 46.6 Å². The highest BCUT2D eigenvalue weighted by atomic mass is 28.2. The van der Waals surface area contributed by atoms with Crippen LogP contribution in [-0.4, -0.2) is 49.7 Å². The van der Waals surface area contributed by atoms with Gasteiger partial charge in [-0.1, -0.05) is 13.8 Å². The average molecular weight is 347 g/mol. The van der Waals surface area contributed by atoms with Crippen molar-refractivity contribution in [1.29, 1.82) is 0 Å². The van der Waals surface area contributed by atoms with E-state index >= 15 is 0 Å². The molecule has 0 spiro atoms. The van der Waals surface area contributed by atoms with Gasteiger partial charge < -0.3 is 14.4 Å². The molecule has 24 heavy (non-hydrogen) atoms. The summed E-state index contributed by atoms with van der Waals surface area (Å²) in [4.78, 5) is 18.0. The van der Waals surface area contributed by atoms with Gasteiger partial charge in [0.25, 0.3) is 0 Å². The fourth-order valence-corrected chi connectivity index (χ4v) is 2.75. The molecule has 0 saturated carbocycles. The Bertz CT molecular complexity index is 644. The van der Waals surface area contributed by atoms with Gasteiger partial charge in [-0.25, -0.2) is 4.79 Å². The standard InChI is InChI=1S/C18H26N2O3Si/c1-13(2)24-12-14-8-16(10-19-9-14)22-11-15-6-7-20(15)17(21)23-18(3,4)5/h8-10,13,15H,6-7,11H2,1-5H3/t15-/m0/s1. The molecule has 0 radical (unpaired) electrons. The van der Waals surface area contributed by atoms with Crippen LogP contribution in [0.15, 0.2) is 18.5 Å². The maximum Gasteiger partial charge on any atom is 0.410 e. The van der Waals surface area contributed by atoms with Gasteiger partial charge in [0.05, 0.1) is 12.2 Å². The minimum atomic E-state index is -0.473. The van der Waals surface area contributed by atoms with E-state index in [1.54, 1.807) is 17.3 Å². The second-order valence-corrected chi connectivity index (χ2v) is 8.95. The molecule has 1 aliphatic heterocycles. The third-order valence-corrected chi connectivity index (χ3v) is 4.44. The molecule has 0 unspecified atom stereocenters. The van der Waals surface area contributed by atoms with Crippen molar-refractivity contribution >= 4 is 15.1 Å². The molecule has 0 aromatic carbocycles. The molecule has 1 aromatic rings. The maximum atomic E-state index is 12.1. The van der Waals surface area contributed by atoms with Crippen molar-refractivity contribution in [1.82, 2.24) is 9.88 Å². The molecule has 6 heteroatoms. The lowest BCUT2D eigenvalue weighted by Crippen LogP contribution is -2.55. The third-order valence-electron chi connectivity index (χ3n) is 3.43. The Morgan fingerprint density at radius 1 is 1.46 bits per heavy atom. The Morgan fingerprint density at radius 3 is 2.79 bits per heavy atom. The molecule has 5 nitrogen and oxygen atoms in total. The first-order valence-corrected chi connectivity index (χ1v) is 9.41. The smallest absolute Gasteiger partial charge is 0.410 e. The fraction of sp³-hybridized carbons (Fsp3) is 0.611. The van der Waals surface area contributed by atoms with Crippen LogP contribution in [0.3, 0.4) is 0 Å². The van der Waals surface area contributed by atoms with Crippen LogP contribution in [0.5, 0.6) is 5.75 Å². The zero-order valence-electron chi connectivity index (χ0n) is 15.1. The third kappa shape index (κ3) is 5.69. The first kappa shape index (κ1) is 18.6. The van der Waals surface area contributed by atoms with Gasteiger partial charge in [-0.15, -0.1) is 5.50 Å². The van der Waals surface area contributed by atoms with E-state index in [2.05, 4.69) is 24.3 Å². The fourth-order valence-electron chi connectivity index (χ4n) is 2.16. The number of carbonyl (C=O) groups is 1. The van der Waals surface area contributed by atoms with Gasteiger partial charge in [0.2, 0.25) is 0 Å². The van der Waals surface area contributed by atoms with E-state index in [1.165, 1.54) is 0 Å². The number of rotatable bonds is 3. The van der Waals surface area contributed by atoms with Gasteiger partial charge in [-0.2, -0.15) is 0 Å². The van der Waals surface area contributed by atoms with Crippen molar-refractivity contribution in [3.63, 3.8) is 0 Å². The Labute approximate surface area is 146 Å². The predicted octanol–water partition coefficient (Wildman–Crippen LogP) is 3.31. The maximum absolute atomic E-state index is 12.1. The van der Waals surface area contributed by atoms with E-state index in [0.717, 1.165) is 18.5 Å². The van der Waals surface area contributed by atoms with Gasteiger partial charge in [-0.3, -0.25) is 4.98 Å². The number of hydrogen-bond donors (Lipinski definition) is 0. The van der Waals surface area contributed by atoms with Gasteiger partial charge in [-0.05, 0) is 47.8 Å². The van der Waals surface area contributed by atoms with Gasteiger partial charge in [0.15, 0.2) is 0 Å². The summed E-state index contributed by atoms with van der Waals surface area (Å²) in [5.74, 6) is 0.713. The highest BCUT2D eigenvalue weighted by molar-refractivity contribution is 6.26. The topological polar surface area (TPSA) is 51.7 Å². The highest BCUT2D eigenvalue weighted by Gasteiger charge is 2.35. The first-order chi connectivity index (χ1) is 11.2. The monoisotopic (exact) mass is 346 g/mol. The van der Waals surface area contributed by atoms with Crippen molar-refractivity contribution in [2.75, 3.05) is 13.2 Å². The van der Waals surface area contributed by atoms with Gasteiger partial charge in [0.1, 0.15) is 18.0 Å². The highest BCUT2D eigenvalue weighted by Crippen LogP contribution is 2.22. The van der Waals surface area contributed by atoms with Crippen LogP contribution >= 0.6 is 0 Å². The molecule has 1 aromatic heterocycles. The number of pyridine rings is 1. The summed E-state index contributed by atoms with van der Waals surface area (Å²) >= 11 is 0. The van der Waals surface area contributed by atoms with E-state index in [1.807, 2.05) is 26.8 Å². The molecule has 1 fully saturated rings. The summed E-state index contributed by atoms with van der Waals surface area (Å²) in [6.07, 6.45) is 4.15. The van der Waals surface area contributed by atoms with Crippen molar-refractivity contribution < 1.29 is 14.3 Å². The zero-order chi connectivity index (χ0) is 17.7. The summed E-state index contributed by atoms with van der Waals surface area (Å²) in [6, 6.07) is 2.01. The van der Waals surface area contributed by atoms with Crippen LogP contribution in [0, 0.1) is 5.50 Å². The van der Waals surface area contributed by atoms with E-state index in [-0.39, 0.29) is 12.1 Å². The average Bonchev–Trinajstić information content (AvgIpc) is 2.42. The molecule has 1 saturated heterocycles. The number of amides is 1. The second kappa shape index (κ2) is 7.86. The molecule has 0 N–H and O–H groups in total. The second-order valence-electron chi connectivity index (χ2n) is 7.26. The van der Waals surface area contributed by atoms with E-state index < -0.39 is 5.60 Å². The SMILES string of the molecule is CC(C)[Si]#Cc1cncc(OC[C@@H]2CCN2C(=O)OC(C)(C)C)c1. The molecular weight excluding hydrogens is 320 g/mol.